The SMILES string of the molecule is C#CC1=CC(N(CC=C)S(=O)(=O)c2ccc(C)cc2)CCC1. The van der Waals surface area contributed by atoms with E-state index in [1.54, 1.807) is 18.2 Å². The molecule has 0 aromatic heterocycles. The highest BCUT2D eigenvalue weighted by Crippen LogP contribution is 2.26. The van der Waals surface area contributed by atoms with E-state index in [4.69, 9.17) is 6.42 Å². The van der Waals surface area contributed by atoms with Gasteiger partial charge in [-0.2, -0.15) is 4.31 Å². The molecular weight excluding hydrogens is 294 g/mol. The first-order valence-corrected chi connectivity index (χ1v) is 8.79. The van der Waals surface area contributed by atoms with Crippen LogP contribution in [0.4, 0.5) is 0 Å². The Kier molecular flexibility index (Phi) is 5.23. The van der Waals surface area contributed by atoms with Crippen LogP contribution in [-0.4, -0.2) is 25.3 Å². The lowest BCUT2D eigenvalue weighted by atomic mass is 9.96. The molecule has 116 valence electrons. The first kappa shape index (κ1) is 16.5. The Hall–Kier alpha value is -1.83. The third-order valence-corrected chi connectivity index (χ3v) is 5.74. The lowest BCUT2D eigenvalue weighted by molar-refractivity contribution is 0.359. The highest BCUT2D eigenvalue weighted by Gasteiger charge is 2.30. The van der Waals surface area contributed by atoms with E-state index in [1.807, 2.05) is 25.1 Å². The fourth-order valence-corrected chi connectivity index (χ4v) is 4.21. The molecule has 0 radical (unpaired) electrons. The second-order valence-corrected chi connectivity index (χ2v) is 7.36. The van der Waals surface area contributed by atoms with Gasteiger partial charge in [0, 0.05) is 12.6 Å². The number of benzene rings is 1. The van der Waals surface area contributed by atoms with Crippen molar-refractivity contribution in [3.05, 3.63) is 54.1 Å². The highest BCUT2D eigenvalue weighted by molar-refractivity contribution is 7.89. The molecule has 0 N–H and O–H groups in total. The minimum atomic E-state index is -3.56. The average Bonchev–Trinajstić information content (AvgIpc) is 2.53. The normalized spacial score (nSPS) is 18.6. The van der Waals surface area contributed by atoms with Crippen LogP contribution >= 0.6 is 0 Å². The van der Waals surface area contributed by atoms with Crippen LogP contribution in [0.25, 0.3) is 0 Å². The zero-order valence-electron chi connectivity index (χ0n) is 12.8. The summed E-state index contributed by atoms with van der Waals surface area (Å²) in [5.41, 5.74) is 1.91. The third-order valence-electron chi connectivity index (χ3n) is 3.83. The van der Waals surface area contributed by atoms with E-state index in [9.17, 15) is 8.42 Å². The van der Waals surface area contributed by atoms with Gasteiger partial charge in [0.05, 0.1) is 4.90 Å². The van der Waals surface area contributed by atoms with Gasteiger partial charge in [0.1, 0.15) is 0 Å². The molecule has 0 heterocycles. The molecule has 0 fully saturated rings. The van der Waals surface area contributed by atoms with E-state index in [0.29, 0.717) is 4.90 Å². The van der Waals surface area contributed by atoms with E-state index in [2.05, 4.69) is 12.5 Å². The molecule has 1 aromatic rings. The molecule has 1 aliphatic rings. The number of terminal acetylenes is 1. The lowest BCUT2D eigenvalue weighted by Crippen LogP contribution is -2.40. The number of hydrogen-bond donors (Lipinski definition) is 0. The molecule has 0 saturated carbocycles. The molecule has 3 nitrogen and oxygen atoms in total. The van der Waals surface area contributed by atoms with E-state index < -0.39 is 10.0 Å². The fraction of sp³-hybridized carbons (Fsp3) is 0.333. The zero-order chi connectivity index (χ0) is 16.2. The summed E-state index contributed by atoms with van der Waals surface area (Å²) in [5.74, 6) is 2.64. The quantitative estimate of drug-likeness (QED) is 0.618. The van der Waals surface area contributed by atoms with Crippen molar-refractivity contribution in [2.45, 2.75) is 37.1 Å². The largest absolute Gasteiger partial charge is 0.243 e. The van der Waals surface area contributed by atoms with Crippen molar-refractivity contribution in [2.75, 3.05) is 6.54 Å². The van der Waals surface area contributed by atoms with E-state index in [1.165, 1.54) is 4.31 Å². The van der Waals surface area contributed by atoms with Gasteiger partial charge in [-0.1, -0.05) is 35.8 Å². The van der Waals surface area contributed by atoms with Crippen molar-refractivity contribution >= 4 is 10.0 Å². The van der Waals surface area contributed by atoms with Crippen LogP contribution in [0.3, 0.4) is 0 Å². The molecule has 22 heavy (non-hydrogen) atoms. The number of allylic oxidation sites excluding steroid dienone is 1. The highest BCUT2D eigenvalue weighted by atomic mass is 32.2. The molecule has 0 amide bonds. The molecular formula is C18H21NO2S. The van der Waals surface area contributed by atoms with Gasteiger partial charge in [0.2, 0.25) is 10.0 Å². The number of hydrogen-bond acceptors (Lipinski definition) is 2. The second-order valence-electron chi connectivity index (χ2n) is 5.47. The summed E-state index contributed by atoms with van der Waals surface area (Å²) in [5, 5.41) is 0. The molecule has 1 atom stereocenters. The Labute approximate surface area is 133 Å². The molecule has 0 spiro atoms. The molecule has 1 aromatic carbocycles. The molecule has 1 unspecified atom stereocenters. The van der Waals surface area contributed by atoms with Gasteiger partial charge >= 0.3 is 0 Å². The standard InChI is InChI=1S/C18H21NO2S/c1-4-13-19(17-8-6-7-16(5-2)14-17)22(20,21)18-11-9-15(3)10-12-18/h2,4,9-12,14,17H,1,6-8,13H2,3H3. The van der Waals surface area contributed by atoms with Gasteiger partial charge in [-0.25, -0.2) is 8.42 Å². The number of aryl methyl sites for hydroxylation is 1. The monoisotopic (exact) mass is 315 g/mol. The van der Waals surface area contributed by atoms with Gasteiger partial charge in [-0.3, -0.25) is 0 Å². The maximum absolute atomic E-state index is 12.9. The Morgan fingerprint density at radius 2 is 2.09 bits per heavy atom. The first-order valence-electron chi connectivity index (χ1n) is 7.35. The Balaban J connectivity index is 2.40. The summed E-state index contributed by atoms with van der Waals surface area (Å²) in [6.45, 7) is 5.89. The smallest absolute Gasteiger partial charge is 0.207 e. The van der Waals surface area contributed by atoms with Crippen molar-refractivity contribution in [1.82, 2.24) is 4.31 Å². The summed E-state index contributed by atoms with van der Waals surface area (Å²) < 4.78 is 27.3. The maximum atomic E-state index is 12.9. The summed E-state index contributed by atoms with van der Waals surface area (Å²) in [4.78, 5) is 0.307. The number of sulfonamides is 1. The number of nitrogens with zero attached hydrogens (tertiary/aromatic N) is 1. The van der Waals surface area contributed by atoms with E-state index in [0.717, 1.165) is 30.4 Å². The van der Waals surface area contributed by atoms with Crippen molar-refractivity contribution in [3.63, 3.8) is 0 Å². The predicted molar refractivity (Wildman–Crippen MR) is 89.8 cm³/mol. The van der Waals surface area contributed by atoms with Crippen LogP contribution in [0.1, 0.15) is 24.8 Å². The molecule has 0 aliphatic heterocycles. The molecule has 0 bridgehead atoms. The predicted octanol–water partition coefficient (Wildman–Crippen LogP) is 3.28. The summed E-state index contributed by atoms with van der Waals surface area (Å²) in [6, 6.07) is 6.71. The van der Waals surface area contributed by atoms with E-state index >= 15 is 0 Å². The number of rotatable bonds is 5. The minimum absolute atomic E-state index is 0.205. The van der Waals surface area contributed by atoms with Gasteiger partial charge in [-0.15, -0.1) is 13.0 Å². The Bertz CT molecular complexity index is 708. The molecule has 1 aliphatic carbocycles. The van der Waals surface area contributed by atoms with Crippen LogP contribution in [-0.2, 0) is 10.0 Å². The Morgan fingerprint density at radius 1 is 1.41 bits per heavy atom. The van der Waals surface area contributed by atoms with Crippen molar-refractivity contribution in [1.29, 1.82) is 0 Å². The summed E-state index contributed by atoms with van der Waals surface area (Å²) >= 11 is 0. The summed E-state index contributed by atoms with van der Waals surface area (Å²) in [7, 11) is -3.56. The van der Waals surface area contributed by atoms with Crippen molar-refractivity contribution in [3.8, 4) is 12.3 Å². The Morgan fingerprint density at radius 3 is 2.68 bits per heavy atom. The molecule has 2 rings (SSSR count). The van der Waals surface area contributed by atoms with Crippen LogP contribution < -0.4 is 0 Å². The fourth-order valence-electron chi connectivity index (χ4n) is 2.63. The summed E-state index contributed by atoms with van der Waals surface area (Å²) in [6.07, 6.45) is 11.5. The van der Waals surface area contributed by atoms with Gasteiger partial charge < -0.3 is 0 Å². The van der Waals surface area contributed by atoms with Crippen LogP contribution in [0.2, 0.25) is 0 Å². The lowest BCUT2D eigenvalue weighted by Gasteiger charge is -2.30. The van der Waals surface area contributed by atoms with Crippen LogP contribution in [0.5, 0.6) is 0 Å². The zero-order valence-corrected chi connectivity index (χ0v) is 13.6. The van der Waals surface area contributed by atoms with Gasteiger partial charge in [0.15, 0.2) is 0 Å². The maximum Gasteiger partial charge on any atom is 0.243 e. The van der Waals surface area contributed by atoms with Gasteiger partial charge in [-0.05, 0) is 43.9 Å². The minimum Gasteiger partial charge on any atom is -0.207 e. The van der Waals surface area contributed by atoms with Gasteiger partial charge in [0.25, 0.3) is 0 Å². The van der Waals surface area contributed by atoms with Crippen LogP contribution in [0, 0.1) is 19.3 Å². The van der Waals surface area contributed by atoms with Crippen molar-refractivity contribution < 1.29 is 8.42 Å². The first-order chi connectivity index (χ1) is 10.5. The molecule has 0 saturated heterocycles. The van der Waals surface area contributed by atoms with Crippen LogP contribution in [0.15, 0.2) is 53.5 Å². The third kappa shape index (κ3) is 3.49. The van der Waals surface area contributed by atoms with E-state index in [-0.39, 0.29) is 12.6 Å². The van der Waals surface area contributed by atoms with Crippen molar-refractivity contribution in [2.24, 2.45) is 0 Å². The average molecular weight is 315 g/mol. The molecule has 4 heteroatoms. The second kappa shape index (κ2) is 6.95. The topological polar surface area (TPSA) is 37.4 Å².